The lowest BCUT2D eigenvalue weighted by molar-refractivity contribution is 0.0486. The molecule has 1 rings (SSSR count). The zero-order chi connectivity index (χ0) is 11.5. The largest absolute Gasteiger partial charge is 0.444 e. The second kappa shape index (κ2) is 4.84. The summed E-state index contributed by atoms with van der Waals surface area (Å²) in [5.41, 5.74) is 5.48. The van der Waals surface area contributed by atoms with Crippen molar-refractivity contribution in [3.05, 3.63) is 0 Å². The first-order valence-corrected chi connectivity index (χ1v) is 5.63. The molecule has 0 saturated heterocycles. The second-order valence-electron chi connectivity index (χ2n) is 5.20. The second-order valence-corrected chi connectivity index (χ2v) is 5.20. The van der Waals surface area contributed by atoms with Crippen molar-refractivity contribution in [3.8, 4) is 0 Å². The zero-order valence-corrected chi connectivity index (χ0v) is 9.88. The highest BCUT2D eigenvalue weighted by Crippen LogP contribution is 2.17. The minimum absolute atomic E-state index is 0.0752. The maximum absolute atomic E-state index is 11.5. The maximum Gasteiger partial charge on any atom is 0.407 e. The fourth-order valence-electron chi connectivity index (χ4n) is 1.80. The Morgan fingerprint density at radius 1 is 1.33 bits per heavy atom. The molecular weight excluding hydrogens is 192 g/mol. The summed E-state index contributed by atoms with van der Waals surface area (Å²) < 4.78 is 5.18. The van der Waals surface area contributed by atoms with Gasteiger partial charge >= 0.3 is 6.09 Å². The van der Waals surface area contributed by atoms with Gasteiger partial charge in [0.05, 0.1) is 0 Å². The average Bonchev–Trinajstić information content (AvgIpc) is 2.05. The Morgan fingerprint density at radius 2 is 1.93 bits per heavy atom. The van der Waals surface area contributed by atoms with Crippen LogP contribution < -0.4 is 11.1 Å². The SMILES string of the molecule is CC(C)(C)OC(=O)NC1CCCC[C@H]1N. The van der Waals surface area contributed by atoms with Crippen molar-refractivity contribution in [2.24, 2.45) is 5.73 Å². The molecule has 88 valence electrons. The lowest BCUT2D eigenvalue weighted by Gasteiger charge is -2.30. The molecule has 1 amide bonds. The Bertz CT molecular complexity index is 223. The first-order valence-electron chi connectivity index (χ1n) is 5.63. The van der Waals surface area contributed by atoms with Gasteiger partial charge in [0.15, 0.2) is 0 Å². The van der Waals surface area contributed by atoms with Crippen LogP contribution in [0.15, 0.2) is 0 Å². The third-order valence-corrected chi connectivity index (χ3v) is 2.52. The molecule has 0 heterocycles. The van der Waals surface area contributed by atoms with Gasteiger partial charge < -0.3 is 15.8 Å². The van der Waals surface area contributed by atoms with Crippen molar-refractivity contribution in [1.29, 1.82) is 0 Å². The van der Waals surface area contributed by atoms with Crippen LogP contribution in [0.25, 0.3) is 0 Å². The van der Waals surface area contributed by atoms with Gasteiger partial charge in [-0.2, -0.15) is 0 Å². The number of alkyl carbamates (subject to hydrolysis) is 1. The van der Waals surface area contributed by atoms with Gasteiger partial charge in [0.25, 0.3) is 0 Å². The fourth-order valence-corrected chi connectivity index (χ4v) is 1.80. The van der Waals surface area contributed by atoms with Crippen LogP contribution in [-0.4, -0.2) is 23.8 Å². The number of hydrogen-bond acceptors (Lipinski definition) is 3. The van der Waals surface area contributed by atoms with Crippen LogP contribution >= 0.6 is 0 Å². The summed E-state index contributed by atoms with van der Waals surface area (Å²) in [6.07, 6.45) is 3.88. The van der Waals surface area contributed by atoms with E-state index in [1.807, 2.05) is 20.8 Å². The Morgan fingerprint density at radius 3 is 2.47 bits per heavy atom. The number of nitrogens with two attached hydrogens (primary N) is 1. The average molecular weight is 214 g/mol. The van der Waals surface area contributed by atoms with E-state index < -0.39 is 5.60 Å². The molecule has 1 unspecified atom stereocenters. The highest BCUT2D eigenvalue weighted by atomic mass is 16.6. The molecule has 3 N–H and O–H groups in total. The van der Waals surface area contributed by atoms with Crippen molar-refractivity contribution >= 4 is 6.09 Å². The summed E-state index contributed by atoms with van der Waals surface area (Å²) in [6, 6.07) is 0.153. The third kappa shape index (κ3) is 4.51. The van der Waals surface area contributed by atoms with Gasteiger partial charge in [-0.3, -0.25) is 0 Å². The number of hydrogen-bond donors (Lipinski definition) is 2. The van der Waals surface area contributed by atoms with Crippen LogP contribution in [0.5, 0.6) is 0 Å². The Kier molecular flexibility index (Phi) is 3.97. The summed E-state index contributed by atoms with van der Waals surface area (Å²) in [5.74, 6) is 0. The minimum Gasteiger partial charge on any atom is -0.444 e. The van der Waals surface area contributed by atoms with Crippen LogP contribution in [-0.2, 0) is 4.74 Å². The van der Waals surface area contributed by atoms with Gasteiger partial charge in [0.2, 0.25) is 0 Å². The molecule has 0 bridgehead atoms. The maximum atomic E-state index is 11.5. The Hall–Kier alpha value is -0.770. The van der Waals surface area contributed by atoms with Crippen LogP contribution in [0, 0.1) is 0 Å². The van der Waals surface area contributed by atoms with Gasteiger partial charge in [-0.1, -0.05) is 12.8 Å². The fraction of sp³-hybridized carbons (Fsp3) is 0.909. The molecule has 0 aromatic heterocycles. The highest BCUT2D eigenvalue weighted by Gasteiger charge is 2.25. The van der Waals surface area contributed by atoms with E-state index in [1.54, 1.807) is 0 Å². The van der Waals surface area contributed by atoms with Gasteiger partial charge in [-0.15, -0.1) is 0 Å². The van der Waals surface area contributed by atoms with E-state index >= 15 is 0 Å². The van der Waals surface area contributed by atoms with E-state index in [1.165, 1.54) is 0 Å². The van der Waals surface area contributed by atoms with Crippen molar-refractivity contribution in [1.82, 2.24) is 5.32 Å². The monoisotopic (exact) mass is 214 g/mol. The van der Waals surface area contributed by atoms with Gasteiger partial charge in [-0.05, 0) is 33.6 Å². The van der Waals surface area contributed by atoms with Gasteiger partial charge in [0, 0.05) is 12.1 Å². The van der Waals surface area contributed by atoms with E-state index in [-0.39, 0.29) is 18.2 Å². The number of ether oxygens (including phenoxy) is 1. The van der Waals surface area contributed by atoms with Crippen LogP contribution in [0.4, 0.5) is 4.79 Å². The Balaban J connectivity index is 2.36. The molecule has 0 aromatic rings. The molecule has 1 fully saturated rings. The first-order chi connectivity index (χ1) is 6.88. The van der Waals surface area contributed by atoms with Gasteiger partial charge in [-0.25, -0.2) is 4.79 Å². The molecule has 15 heavy (non-hydrogen) atoms. The molecule has 0 aliphatic heterocycles. The van der Waals surface area contributed by atoms with Crippen LogP contribution in [0.3, 0.4) is 0 Å². The lowest BCUT2D eigenvalue weighted by Crippen LogP contribution is -2.50. The number of rotatable bonds is 1. The Labute approximate surface area is 91.5 Å². The summed E-state index contributed by atoms with van der Waals surface area (Å²) in [7, 11) is 0. The molecule has 1 aliphatic carbocycles. The molecule has 0 aromatic carbocycles. The number of nitrogens with one attached hydrogen (secondary N) is 1. The molecule has 0 spiro atoms. The van der Waals surface area contributed by atoms with Crippen molar-refractivity contribution in [2.45, 2.75) is 64.1 Å². The molecule has 4 nitrogen and oxygen atoms in total. The quantitative estimate of drug-likeness (QED) is 0.699. The smallest absolute Gasteiger partial charge is 0.407 e. The minimum atomic E-state index is -0.442. The summed E-state index contributed by atoms with van der Waals surface area (Å²) in [4.78, 5) is 11.5. The normalized spacial score (nSPS) is 27.2. The highest BCUT2D eigenvalue weighted by molar-refractivity contribution is 5.68. The zero-order valence-electron chi connectivity index (χ0n) is 9.88. The molecule has 1 saturated carbocycles. The van der Waals surface area contributed by atoms with E-state index in [4.69, 9.17) is 10.5 Å². The number of carbonyl (C=O) groups is 1. The third-order valence-electron chi connectivity index (χ3n) is 2.52. The van der Waals surface area contributed by atoms with E-state index in [9.17, 15) is 4.79 Å². The van der Waals surface area contributed by atoms with Crippen molar-refractivity contribution in [2.75, 3.05) is 0 Å². The van der Waals surface area contributed by atoms with Crippen molar-refractivity contribution < 1.29 is 9.53 Å². The lowest BCUT2D eigenvalue weighted by atomic mass is 9.91. The van der Waals surface area contributed by atoms with E-state index in [0.717, 1.165) is 25.7 Å². The van der Waals surface area contributed by atoms with Gasteiger partial charge in [0.1, 0.15) is 5.60 Å². The summed E-state index contributed by atoms with van der Waals surface area (Å²) in [6.45, 7) is 5.56. The molecule has 2 atom stereocenters. The molecule has 1 aliphatic rings. The van der Waals surface area contributed by atoms with Crippen LogP contribution in [0.1, 0.15) is 46.5 Å². The molecular formula is C11H22N2O2. The summed E-state index contributed by atoms with van der Waals surface area (Å²) in [5, 5.41) is 2.84. The molecule has 4 heteroatoms. The number of carbonyl (C=O) groups excluding carboxylic acids is 1. The van der Waals surface area contributed by atoms with E-state index in [0.29, 0.717) is 0 Å². The van der Waals surface area contributed by atoms with E-state index in [2.05, 4.69) is 5.32 Å². The van der Waals surface area contributed by atoms with Crippen LogP contribution in [0.2, 0.25) is 0 Å². The summed E-state index contributed by atoms with van der Waals surface area (Å²) >= 11 is 0. The van der Waals surface area contributed by atoms with Crippen molar-refractivity contribution in [3.63, 3.8) is 0 Å². The standard InChI is InChI=1S/C11H22N2O2/c1-11(2,3)15-10(14)13-9-7-5-4-6-8(9)12/h8-9H,4-7,12H2,1-3H3,(H,13,14)/t8-,9?/m1/s1. The predicted molar refractivity (Wildman–Crippen MR) is 59.6 cm³/mol. The molecule has 0 radical (unpaired) electrons. The predicted octanol–water partition coefficient (Wildman–Crippen LogP) is 1.78. The first kappa shape index (κ1) is 12.3. The number of amides is 1. The topological polar surface area (TPSA) is 64.3 Å².